The van der Waals surface area contributed by atoms with Crippen molar-refractivity contribution in [1.82, 2.24) is 0 Å². The van der Waals surface area contributed by atoms with E-state index in [-0.39, 0.29) is 11.7 Å². The first-order chi connectivity index (χ1) is 12.5. The first-order valence-corrected chi connectivity index (χ1v) is 9.30. The highest BCUT2D eigenvalue weighted by Crippen LogP contribution is 2.42. The molecular formula is C22H19ClO3. The molecule has 2 aliphatic carbocycles. The number of aliphatic hydroxyl groups excluding tert-OH is 1. The number of benzene rings is 2. The van der Waals surface area contributed by atoms with Crippen LogP contribution >= 0.6 is 11.6 Å². The van der Waals surface area contributed by atoms with Crippen molar-refractivity contribution < 1.29 is 14.7 Å². The van der Waals surface area contributed by atoms with E-state index in [1.807, 2.05) is 24.3 Å². The van der Waals surface area contributed by atoms with Gasteiger partial charge < -0.3 is 5.11 Å². The van der Waals surface area contributed by atoms with Gasteiger partial charge in [-0.3, -0.25) is 9.59 Å². The molecule has 0 amide bonds. The average molecular weight is 367 g/mol. The second-order valence-electron chi connectivity index (χ2n) is 7.09. The summed E-state index contributed by atoms with van der Waals surface area (Å²) in [6.45, 7) is 0. The zero-order valence-electron chi connectivity index (χ0n) is 14.2. The van der Waals surface area contributed by atoms with Crippen LogP contribution in [-0.4, -0.2) is 16.7 Å². The Bertz CT molecular complexity index is 903. The Balaban J connectivity index is 1.58. The molecule has 0 atom stereocenters. The molecule has 1 saturated carbocycles. The molecule has 0 aliphatic heterocycles. The summed E-state index contributed by atoms with van der Waals surface area (Å²) in [6, 6.07) is 13.5. The number of fused-ring (bicyclic) bond motifs is 1. The fourth-order valence-electron chi connectivity index (χ4n) is 4.24. The molecule has 2 aliphatic rings. The van der Waals surface area contributed by atoms with Gasteiger partial charge in [0.15, 0.2) is 11.5 Å². The van der Waals surface area contributed by atoms with Crippen molar-refractivity contribution in [3.63, 3.8) is 0 Å². The smallest absolute Gasteiger partial charge is 0.228 e. The SMILES string of the molecule is O=C1C=C(O)C(=O)c2c1cccc2C1CCC(c2ccc(Cl)cc2)CC1. The number of ketones is 2. The van der Waals surface area contributed by atoms with E-state index in [0.717, 1.165) is 42.3 Å². The molecule has 0 aromatic heterocycles. The predicted octanol–water partition coefficient (Wildman–Crippen LogP) is 5.60. The Morgan fingerprint density at radius 1 is 0.885 bits per heavy atom. The maximum atomic E-state index is 12.5. The van der Waals surface area contributed by atoms with Crippen LogP contribution in [0.4, 0.5) is 0 Å². The lowest BCUT2D eigenvalue weighted by atomic mass is 9.73. The van der Waals surface area contributed by atoms with Gasteiger partial charge in [0.1, 0.15) is 0 Å². The fraction of sp³-hybridized carbons (Fsp3) is 0.273. The summed E-state index contributed by atoms with van der Waals surface area (Å²) in [7, 11) is 0. The van der Waals surface area contributed by atoms with Crippen molar-refractivity contribution in [3.05, 3.63) is 81.6 Å². The molecule has 4 heteroatoms. The number of carbonyl (C=O) groups is 2. The molecule has 0 unspecified atom stereocenters. The zero-order chi connectivity index (χ0) is 18.3. The fourth-order valence-corrected chi connectivity index (χ4v) is 4.36. The standard InChI is InChI=1S/C22H19ClO3/c23-16-10-8-14(9-11-16)13-4-6-15(7-5-13)17-2-1-3-18-19(24)12-20(25)22(26)21(17)18/h1-3,8-13,15,25H,4-7H2. The average Bonchev–Trinajstić information content (AvgIpc) is 2.66. The van der Waals surface area contributed by atoms with Crippen LogP contribution in [0.1, 0.15) is 69.4 Å². The van der Waals surface area contributed by atoms with Crippen molar-refractivity contribution in [1.29, 1.82) is 0 Å². The summed E-state index contributed by atoms with van der Waals surface area (Å²) in [4.78, 5) is 24.6. The molecule has 26 heavy (non-hydrogen) atoms. The van der Waals surface area contributed by atoms with Crippen LogP contribution in [0.25, 0.3) is 0 Å². The highest BCUT2D eigenvalue weighted by Gasteiger charge is 2.32. The Hall–Kier alpha value is -2.39. The van der Waals surface area contributed by atoms with Crippen LogP contribution in [0.2, 0.25) is 5.02 Å². The van der Waals surface area contributed by atoms with E-state index in [1.165, 1.54) is 5.56 Å². The maximum Gasteiger partial charge on any atom is 0.228 e. The van der Waals surface area contributed by atoms with Gasteiger partial charge in [-0.2, -0.15) is 0 Å². The molecule has 1 N–H and O–H groups in total. The number of aliphatic hydroxyl groups is 1. The van der Waals surface area contributed by atoms with Crippen molar-refractivity contribution in [2.24, 2.45) is 0 Å². The molecule has 0 radical (unpaired) electrons. The quantitative estimate of drug-likeness (QED) is 0.752. The molecule has 3 nitrogen and oxygen atoms in total. The molecule has 0 spiro atoms. The lowest BCUT2D eigenvalue weighted by molar-refractivity contribution is 0.0937. The number of allylic oxidation sites excluding steroid dienone is 2. The minimum absolute atomic E-state index is 0.233. The van der Waals surface area contributed by atoms with E-state index in [2.05, 4.69) is 12.1 Å². The third kappa shape index (κ3) is 2.97. The van der Waals surface area contributed by atoms with Gasteiger partial charge in [0.25, 0.3) is 0 Å². The van der Waals surface area contributed by atoms with Crippen molar-refractivity contribution in [2.45, 2.75) is 37.5 Å². The largest absolute Gasteiger partial charge is 0.504 e. The van der Waals surface area contributed by atoms with E-state index in [9.17, 15) is 14.7 Å². The first kappa shape index (κ1) is 17.0. The Morgan fingerprint density at radius 2 is 1.54 bits per heavy atom. The van der Waals surface area contributed by atoms with E-state index >= 15 is 0 Å². The van der Waals surface area contributed by atoms with Gasteiger partial charge in [-0.1, -0.05) is 41.9 Å². The highest BCUT2D eigenvalue weighted by atomic mass is 35.5. The molecular weight excluding hydrogens is 348 g/mol. The van der Waals surface area contributed by atoms with Gasteiger partial charge in [0.05, 0.1) is 0 Å². The van der Waals surface area contributed by atoms with Gasteiger partial charge in [0.2, 0.25) is 5.78 Å². The third-order valence-electron chi connectivity index (χ3n) is 5.60. The molecule has 2 aromatic rings. The minimum atomic E-state index is -0.454. The number of carbonyl (C=O) groups excluding carboxylic acids is 2. The van der Waals surface area contributed by atoms with Crippen molar-refractivity contribution >= 4 is 23.2 Å². The predicted molar refractivity (Wildman–Crippen MR) is 101 cm³/mol. The van der Waals surface area contributed by atoms with Gasteiger partial charge >= 0.3 is 0 Å². The topological polar surface area (TPSA) is 54.4 Å². The molecule has 2 aromatic carbocycles. The minimum Gasteiger partial charge on any atom is -0.504 e. The lowest BCUT2D eigenvalue weighted by Gasteiger charge is -2.31. The monoisotopic (exact) mass is 366 g/mol. The summed E-state index contributed by atoms with van der Waals surface area (Å²) in [5.74, 6) is -0.460. The molecule has 4 rings (SSSR count). The van der Waals surface area contributed by atoms with Gasteiger partial charge in [-0.25, -0.2) is 0 Å². The van der Waals surface area contributed by atoms with E-state index in [4.69, 9.17) is 11.6 Å². The summed E-state index contributed by atoms with van der Waals surface area (Å²) >= 11 is 5.97. The van der Waals surface area contributed by atoms with E-state index in [0.29, 0.717) is 17.0 Å². The van der Waals surface area contributed by atoms with Crippen LogP contribution in [-0.2, 0) is 0 Å². The van der Waals surface area contributed by atoms with Crippen LogP contribution in [0.5, 0.6) is 0 Å². The zero-order valence-corrected chi connectivity index (χ0v) is 15.0. The molecule has 132 valence electrons. The summed E-state index contributed by atoms with van der Waals surface area (Å²) in [5, 5.41) is 10.6. The molecule has 1 fully saturated rings. The molecule has 0 heterocycles. The second kappa shape index (κ2) is 6.73. The normalized spacial score (nSPS) is 22.7. The van der Waals surface area contributed by atoms with Crippen molar-refractivity contribution in [2.75, 3.05) is 0 Å². The highest BCUT2D eigenvalue weighted by molar-refractivity contribution is 6.30. The summed E-state index contributed by atoms with van der Waals surface area (Å²) in [5.41, 5.74) is 3.00. The second-order valence-corrected chi connectivity index (χ2v) is 7.53. The Kier molecular flexibility index (Phi) is 4.41. The van der Waals surface area contributed by atoms with Crippen LogP contribution in [0.3, 0.4) is 0 Å². The summed E-state index contributed by atoms with van der Waals surface area (Å²) < 4.78 is 0. The van der Waals surface area contributed by atoms with Gasteiger partial charge in [0, 0.05) is 22.2 Å². The third-order valence-corrected chi connectivity index (χ3v) is 5.85. The van der Waals surface area contributed by atoms with Gasteiger partial charge in [-0.15, -0.1) is 0 Å². The Morgan fingerprint density at radius 3 is 2.23 bits per heavy atom. The molecule has 0 saturated heterocycles. The van der Waals surface area contributed by atoms with E-state index in [1.54, 1.807) is 6.07 Å². The number of rotatable bonds is 2. The number of hydrogen-bond acceptors (Lipinski definition) is 3. The van der Waals surface area contributed by atoms with Gasteiger partial charge in [-0.05, 0) is 60.8 Å². The number of Topliss-reactive ketones (excluding diaryl/α,β-unsaturated/α-hetero) is 1. The Labute approximate surface area is 157 Å². The van der Waals surface area contributed by atoms with E-state index < -0.39 is 11.5 Å². The van der Waals surface area contributed by atoms with Crippen LogP contribution < -0.4 is 0 Å². The summed E-state index contributed by atoms with van der Waals surface area (Å²) in [6.07, 6.45) is 4.98. The number of halogens is 1. The van der Waals surface area contributed by atoms with Crippen LogP contribution in [0.15, 0.2) is 54.3 Å². The first-order valence-electron chi connectivity index (χ1n) is 8.92. The number of hydrogen-bond donors (Lipinski definition) is 1. The lowest BCUT2D eigenvalue weighted by Crippen LogP contribution is -2.21. The van der Waals surface area contributed by atoms with Crippen LogP contribution in [0, 0.1) is 0 Å². The maximum absolute atomic E-state index is 12.5. The molecule has 0 bridgehead atoms. The van der Waals surface area contributed by atoms with Crippen molar-refractivity contribution in [3.8, 4) is 0 Å².